The number of anilines is 1. The number of pyridine rings is 1. The fourth-order valence-electron chi connectivity index (χ4n) is 6.60. The van der Waals surface area contributed by atoms with Gasteiger partial charge in [0, 0.05) is 29.6 Å². The van der Waals surface area contributed by atoms with Crippen molar-refractivity contribution >= 4 is 46.0 Å². The van der Waals surface area contributed by atoms with Crippen LogP contribution >= 0.6 is 0 Å². The zero-order chi connectivity index (χ0) is 32.3. The number of rotatable bonds is 12. The summed E-state index contributed by atoms with van der Waals surface area (Å²) in [4.78, 5) is 77.9. The lowest BCUT2D eigenvalue weighted by molar-refractivity contribution is -0.138. The van der Waals surface area contributed by atoms with Gasteiger partial charge in [-0.05, 0) is 68.7 Å². The van der Waals surface area contributed by atoms with E-state index in [0.29, 0.717) is 16.8 Å². The molecule has 4 N–H and O–H groups in total. The fourth-order valence-corrected chi connectivity index (χ4v) is 6.60. The maximum atomic E-state index is 13.5. The number of amides is 4. The Morgan fingerprint density at radius 1 is 0.957 bits per heavy atom. The number of nitrogens with zero attached hydrogens (tertiary/aromatic N) is 3. The Kier molecular flexibility index (Phi) is 8.91. The molecule has 3 aromatic rings. The quantitative estimate of drug-likeness (QED) is 0.220. The van der Waals surface area contributed by atoms with Crippen LogP contribution < -0.4 is 26.8 Å². The highest BCUT2D eigenvalue weighted by atomic mass is 16.2. The molecule has 13 nitrogen and oxygen atoms in total. The van der Waals surface area contributed by atoms with Crippen molar-refractivity contribution < 1.29 is 24.0 Å². The molecule has 0 unspecified atom stereocenters. The monoisotopic (exact) mass is 627 g/mol. The Hall–Kier alpha value is -4.94. The highest BCUT2D eigenvalue weighted by molar-refractivity contribution is 6.36. The van der Waals surface area contributed by atoms with Crippen molar-refractivity contribution in [3.63, 3.8) is 0 Å². The van der Waals surface area contributed by atoms with E-state index in [4.69, 9.17) is 0 Å². The molecule has 0 radical (unpaired) electrons. The summed E-state index contributed by atoms with van der Waals surface area (Å²) >= 11 is 0. The molecule has 4 saturated carbocycles. The second-order valence-electron chi connectivity index (χ2n) is 12.7. The molecule has 1 atom stereocenters. The second kappa shape index (κ2) is 13.2. The molecule has 4 amide bonds. The van der Waals surface area contributed by atoms with E-state index in [9.17, 15) is 28.8 Å². The molecule has 0 aliphatic heterocycles. The maximum Gasteiger partial charge on any atom is 0.287 e. The van der Waals surface area contributed by atoms with E-state index in [1.54, 1.807) is 24.3 Å². The third kappa shape index (κ3) is 6.98. The highest BCUT2D eigenvalue weighted by Crippen LogP contribution is 2.56. The van der Waals surface area contributed by atoms with Crippen LogP contribution in [0.5, 0.6) is 0 Å². The normalized spacial score (nSPS) is 20.8. The molecule has 0 spiro atoms. The molecule has 2 heterocycles. The van der Waals surface area contributed by atoms with Gasteiger partial charge in [-0.15, -0.1) is 10.2 Å². The molecule has 4 fully saturated rings. The summed E-state index contributed by atoms with van der Waals surface area (Å²) in [6, 6.07) is 10.2. The lowest BCUT2D eigenvalue weighted by Crippen LogP contribution is -2.68. The molecule has 13 heteroatoms. The van der Waals surface area contributed by atoms with Gasteiger partial charge in [0.25, 0.3) is 17.4 Å². The number of aromatic nitrogens is 3. The van der Waals surface area contributed by atoms with Crippen molar-refractivity contribution in [1.82, 2.24) is 30.7 Å². The van der Waals surface area contributed by atoms with E-state index >= 15 is 0 Å². The first-order valence-electron chi connectivity index (χ1n) is 15.9. The van der Waals surface area contributed by atoms with Crippen molar-refractivity contribution in [2.24, 2.45) is 5.92 Å². The molecule has 46 heavy (non-hydrogen) atoms. The lowest BCUT2D eigenvalue weighted by atomic mass is 9.50. The van der Waals surface area contributed by atoms with Gasteiger partial charge in [-0.2, -0.15) is 0 Å². The van der Waals surface area contributed by atoms with E-state index in [1.165, 1.54) is 29.0 Å². The molecule has 2 bridgehead atoms. The Morgan fingerprint density at radius 2 is 1.72 bits per heavy atom. The van der Waals surface area contributed by atoms with Crippen LogP contribution in [0.3, 0.4) is 0 Å². The molecule has 4 aliphatic rings. The molecule has 4 aliphatic carbocycles. The van der Waals surface area contributed by atoms with Gasteiger partial charge < -0.3 is 25.8 Å². The van der Waals surface area contributed by atoms with Crippen LogP contribution in [0, 0.1) is 5.92 Å². The van der Waals surface area contributed by atoms with Crippen LogP contribution in [0.2, 0.25) is 0 Å². The van der Waals surface area contributed by atoms with Crippen molar-refractivity contribution in [2.45, 2.75) is 88.4 Å². The topological polar surface area (TPSA) is 181 Å². The smallest absolute Gasteiger partial charge is 0.287 e. The number of ketones is 1. The zero-order valence-corrected chi connectivity index (χ0v) is 25.4. The number of Topliss-reactive ketones (excluding diaryl/α,β-unsaturated/α-hetero) is 1. The first-order valence-corrected chi connectivity index (χ1v) is 15.9. The van der Waals surface area contributed by atoms with Crippen LogP contribution in [-0.4, -0.2) is 61.8 Å². The number of fused-ring (bicyclic) bond motifs is 1. The van der Waals surface area contributed by atoms with E-state index in [-0.39, 0.29) is 48.3 Å². The SMILES string of the molecule is O=C(Cn1cccc(NC(=O)[C@H](CCC(=O)C(=O)NC2CCCCC2)NC(=O)c2cc3ccccc3nn2)c1=O)NC12CC(C1)C2. The van der Waals surface area contributed by atoms with Gasteiger partial charge in [-0.1, -0.05) is 37.5 Å². The maximum absolute atomic E-state index is 13.5. The van der Waals surface area contributed by atoms with Gasteiger partial charge in [0.1, 0.15) is 18.3 Å². The predicted molar refractivity (Wildman–Crippen MR) is 168 cm³/mol. The minimum absolute atomic E-state index is 0.0466. The van der Waals surface area contributed by atoms with Gasteiger partial charge in [-0.3, -0.25) is 28.8 Å². The van der Waals surface area contributed by atoms with E-state index in [2.05, 4.69) is 31.5 Å². The molecular formula is C33H37N7O6. The summed E-state index contributed by atoms with van der Waals surface area (Å²) in [5, 5.41) is 19.6. The third-order valence-electron chi connectivity index (χ3n) is 9.24. The number of hydrogen-bond donors (Lipinski definition) is 4. The number of nitrogens with one attached hydrogen (secondary N) is 4. The summed E-state index contributed by atoms with van der Waals surface area (Å²) in [5.41, 5.74) is -0.298. The van der Waals surface area contributed by atoms with Crippen molar-refractivity contribution in [2.75, 3.05) is 5.32 Å². The number of carbonyl (C=O) groups excluding carboxylic acids is 5. The van der Waals surface area contributed by atoms with E-state index < -0.39 is 35.1 Å². The van der Waals surface area contributed by atoms with Crippen LogP contribution in [0.1, 0.15) is 74.7 Å². The first kappa shape index (κ1) is 31.1. The van der Waals surface area contributed by atoms with Gasteiger partial charge in [-0.25, -0.2) is 0 Å². The summed E-state index contributed by atoms with van der Waals surface area (Å²) < 4.78 is 1.20. The van der Waals surface area contributed by atoms with Crippen molar-refractivity contribution in [1.29, 1.82) is 0 Å². The molecule has 2 aromatic heterocycles. The Balaban J connectivity index is 1.14. The van der Waals surface area contributed by atoms with E-state index in [0.717, 1.165) is 51.4 Å². The van der Waals surface area contributed by atoms with Crippen LogP contribution in [0.15, 0.2) is 53.5 Å². The highest BCUT2D eigenvalue weighted by Gasteiger charge is 2.57. The van der Waals surface area contributed by atoms with Crippen LogP contribution in [0.25, 0.3) is 10.9 Å². The van der Waals surface area contributed by atoms with E-state index in [1.807, 2.05) is 0 Å². The summed E-state index contributed by atoms with van der Waals surface area (Å²) in [5.74, 6) is -2.51. The average Bonchev–Trinajstić information content (AvgIpc) is 3.02. The Labute approximate surface area is 264 Å². The van der Waals surface area contributed by atoms with Gasteiger partial charge in [0.2, 0.25) is 17.6 Å². The molecule has 1 aromatic carbocycles. The number of carbonyl (C=O) groups is 5. The van der Waals surface area contributed by atoms with Crippen molar-refractivity contribution in [3.8, 4) is 0 Å². The standard InChI is InChI=1S/C33H37N7O6/c41-27(31(45)34-22-8-2-1-3-9-22)13-12-24(35-30(44)26-15-21-7-4-5-10-23(21)38-39-26)29(43)36-25-11-6-14-40(32(25)46)19-28(42)37-33-16-20(17-33)18-33/h4-7,10-11,14-15,20,22,24H,1-3,8-9,12-13,16-19H2,(H,34,45)(H,35,44)(H,36,43)(H,37,42)/t20?,24-,33?/m0/s1. The molecule has 7 rings (SSSR count). The molecular weight excluding hydrogens is 590 g/mol. The van der Waals surface area contributed by atoms with Crippen LogP contribution in [-0.2, 0) is 25.7 Å². The Morgan fingerprint density at radius 3 is 2.46 bits per heavy atom. The van der Waals surface area contributed by atoms with Gasteiger partial charge in [0.05, 0.1) is 5.52 Å². The first-order chi connectivity index (χ1) is 22.2. The summed E-state index contributed by atoms with van der Waals surface area (Å²) in [6.07, 6.45) is 8.51. The molecule has 0 saturated heterocycles. The zero-order valence-electron chi connectivity index (χ0n) is 25.4. The fraction of sp³-hybridized carbons (Fsp3) is 0.455. The second-order valence-corrected chi connectivity index (χ2v) is 12.7. The van der Waals surface area contributed by atoms with Crippen molar-refractivity contribution in [3.05, 3.63) is 64.7 Å². The lowest BCUT2D eigenvalue weighted by Gasteiger charge is -2.61. The summed E-state index contributed by atoms with van der Waals surface area (Å²) in [6.45, 7) is -0.208. The van der Waals surface area contributed by atoms with Crippen LogP contribution in [0.4, 0.5) is 5.69 Å². The Bertz CT molecular complexity index is 1730. The largest absolute Gasteiger partial charge is 0.349 e. The minimum Gasteiger partial charge on any atom is -0.349 e. The summed E-state index contributed by atoms with van der Waals surface area (Å²) in [7, 11) is 0. The predicted octanol–water partition coefficient (Wildman–Crippen LogP) is 2.00. The number of benzene rings is 1. The average molecular weight is 628 g/mol. The number of hydrogen-bond acceptors (Lipinski definition) is 8. The third-order valence-corrected chi connectivity index (χ3v) is 9.24. The molecule has 240 valence electrons. The van der Waals surface area contributed by atoms with Gasteiger partial charge in [0.15, 0.2) is 5.69 Å². The minimum atomic E-state index is -1.30. The van der Waals surface area contributed by atoms with Gasteiger partial charge >= 0.3 is 0 Å².